The van der Waals surface area contributed by atoms with Gasteiger partial charge in [0.1, 0.15) is 11.4 Å². The van der Waals surface area contributed by atoms with Gasteiger partial charge < -0.3 is 19.9 Å². The van der Waals surface area contributed by atoms with Crippen molar-refractivity contribution in [2.75, 3.05) is 7.11 Å². The molecule has 0 aliphatic heterocycles. The van der Waals surface area contributed by atoms with Crippen LogP contribution in [0.15, 0.2) is 30.3 Å². The molecule has 0 atom stereocenters. The number of hydrogen-bond donors (Lipinski definition) is 4. The molecule has 0 saturated heterocycles. The first-order chi connectivity index (χ1) is 13.5. The third-order valence-corrected chi connectivity index (χ3v) is 5.22. The van der Waals surface area contributed by atoms with Crippen LogP contribution in [0.3, 0.4) is 0 Å². The van der Waals surface area contributed by atoms with Crippen molar-refractivity contribution in [3.8, 4) is 28.5 Å². The first-order valence-corrected chi connectivity index (χ1v) is 9.12. The fourth-order valence-corrected chi connectivity index (χ4v) is 3.40. The largest absolute Gasteiger partial charge is 0.496 e. The lowest BCUT2D eigenvalue weighted by Crippen LogP contribution is -1.99. The Morgan fingerprint density at radius 1 is 1.04 bits per heavy atom. The number of fused-ring (bicyclic) bond motifs is 1. The van der Waals surface area contributed by atoms with Crippen molar-refractivity contribution in [1.82, 2.24) is 20.2 Å². The molecule has 0 amide bonds. The topological polar surface area (TPSA) is 107 Å². The molecule has 0 aliphatic carbocycles. The van der Waals surface area contributed by atoms with Gasteiger partial charge in [-0.3, -0.25) is 5.10 Å². The number of imidazole rings is 1. The molecule has 0 unspecified atom stereocenters. The Morgan fingerprint density at radius 3 is 2.54 bits per heavy atom. The van der Waals surface area contributed by atoms with Gasteiger partial charge in [-0.1, -0.05) is 23.2 Å². The first kappa shape index (κ1) is 18.8. The zero-order chi connectivity index (χ0) is 19.8. The van der Waals surface area contributed by atoms with Gasteiger partial charge >= 0.3 is 0 Å². The molecule has 144 valence electrons. The average Bonchev–Trinajstić information content (AvgIpc) is 3.34. The normalized spacial score (nSPS) is 11.3. The average molecular weight is 419 g/mol. The molecule has 0 aliphatic rings. The van der Waals surface area contributed by atoms with Crippen LogP contribution in [0.1, 0.15) is 11.1 Å². The van der Waals surface area contributed by atoms with E-state index in [-0.39, 0.29) is 13.2 Å². The predicted molar refractivity (Wildman–Crippen MR) is 108 cm³/mol. The second-order valence-corrected chi connectivity index (χ2v) is 6.98. The lowest BCUT2D eigenvalue weighted by atomic mass is 10.0. The standard InChI is InChI=1S/C19H16Cl2N4O3/c1-28-18-3-9(2-10(7-26)11(18)8-27)14-6-17(25-24-14)19-22-15-4-12(20)13(21)5-16(15)23-19/h2-6,26-27H,7-8H2,1H3,(H,22,23)(H,24,25). The summed E-state index contributed by atoms with van der Waals surface area (Å²) in [4.78, 5) is 7.70. The summed E-state index contributed by atoms with van der Waals surface area (Å²) >= 11 is 12.1. The number of aliphatic hydroxyl groups excluding tert-OH is 2. The Morgan fingerprint density at radius 2 is 1.82 bits per heavy atom. The Balaban J connectivity index is 1.76. The van der Waals surface area contributed by atoms with E-state index in [1.165, 1.54) is 7.11 Å². The molecule has 2 heterocycles. The number of halogens is 2. The summed E-state index contributed by atoms with van der Waals surface area (Å²) in [7, 11) is 1.51. The highest BCUT2D eigenvalue weighted by Crippen LogP contribution is 2.32. The fourth-order valence-electron chi connectivity index (χ4n) is 3.08. The Kier molecular flexibility index (Phi) is 4.99. The number of rotatable bonds is 5. The quantitative estimate of drug-likeness (QED) is 0.392. The summed E-state index contributed by atoms with van der Waals surface area (Å²) in [6.07, 6.45) is 0. The van der Waals surface area contributed by atoms with Crippen molar-refractivity contribution in [3.05, 3.63) is 51.5 Å². The van der Waals surface area contributed by atoms with Gasteiger partial charge in [0.15, 0.2) is 5.82 Å². The third-order valence-electron chi connectivity index (χ3n) is 4.50. The Labute approximate surface area is 169 Å². The number of hydrogen-bond acceptors (Lipinski definition) is 5. The molecule has 9 heteroatoms. The molecule has 7 nitrogen and oxygen atoms in total. The molecule has 0 spiro atoms. The van der Waals surface area contributed by atoms with Crippen LogP contribution in [0, 0.1) is 0 Å². The van der Waals surface area contributed by atoms with Crippen molar-refractivity contribution >= 4 is 34.2 Å². The van der Waals surface area contributed by atoms with Gasteiger partial charge in [-0.05, 0) is 35.9 Å². The van der Waals surface area contributed by atoms with Crippen LogP contribution in [0.25, 0.3) is 33.8 Å². The zero-order valence-corrected chi connectivity index (χ0v) is 16.3. The van der Waals surface area contributed by atoms with Crippen molar-refractivity contribution in [1.29, 1.82) is 0 Å². The Hall–Kier alpha value is -2.58. The molecule has 4 N–H and O–H groups in total. The SMILES string of the molecule is COc1cc(-c2cc(-c3nc4cc(Cl)c(Cl)cc4[nH]3)[nH]n2)cc(CO)c1CO. The lowest BCUT2D eigenvalue weighted by molar-refractivity contribution is 0.254. The van der Waals surface area contributed by atoms with Crippen LogP contribution >= 0.6 is 23.2 Å². The number of aromatic nitrogens is 4. The van der Waals surface area contributed by atoms with Crippen LogP contribution in [0.4, 0.5) is 0 Å². The molecule has 28 heavy (non-hydrogen) atoms. The number of methoxy groups -OCH3 is 1. The van der Waals surface area contributed by atoms with Crippen LogP contribution < -0.4 is 4.74 Å². The number of aliphatic hydroxyl groups is 2. The highest BCUT2D eigenvalue weighted by atomic mass is 35.5. The van der Waals surface area contributed by atoms with Crippen molar-refractivity contribution in [2.24, 2.45) is 0 Å². The molecule has 0 fully saturated rings. The second kappa shape index (κ2) is 7.44. The van der Waals surface area contributed by atoms with E-state index in [1.807, 2.05) is 6.07 Å². The summed E-state index contributed by atoms with van der Waals surface area (Å²) in [5.41, 5.74) is 4.64. The summed E-state index contributed by atoms with van der Waals surface area (Å²) in [5, 5.41) is 27.3. The van der Waals surface area contributed by atoms with Gasteiger partial charge in [0, 0.05) is 11.1 Å². The highest BCUT2D eigenvalue weighted by Gasteiger charge is 2.15. The number of nitrogens with zero attached hydrogens (tertiary/aromatic N) is 2. The molecule has 4 rings (SSSR count). The molecule has 0 saturated carbocycles. The zero-order valence-electron chi connectivity index (χ0n) is 14.8. The van der Waals surface area contributed by atoms with Crippen molar-refractivity contribution in [2.45, 2.75) is 13.2 Å². The van der Waals surface area contributed by atoms with Crippen molar-refractivity contribution < 1.29 is 14.9 Å². The van der Waals surface area contributed by atoms with Crippen LogP contribution in [-0.2, 0) is 13.2 Å². The summed E-state index contributed by atoms with van der Waals surface area (Å²) in [6.45, 7) is -0.447. The molecule has 4 aromatic rings. The van der Waals surface area contributed by atoms with E-state index in [0.717, 1.165) is 11.1 Å². The minimum atomic E-state index is -0.227. The fraction of sp³-hybridized carbons (Fsp3) is 0.158. The maximum atomic E-state index is 9.62. The maximum absolute atomic E-state index is 9.62. The maximum Gasteiger partial charge on any atom is 0.156 e. The van der Waals surface area contributed by atoms with E-state index in [9.17, 15) is 10.2 Å². The number of nitrogens with one attached hydrogen (secondary N) is 2. The number of benzene rings is 2. The van der Waals surface area contributed by atoms with Gasteiger partial charge in [-0.2, -0.15) is 5.10 Å². The van der Waals surface area contributed by atoms with Gasteiger partial charge in [-0.15, -0.1) is 0 Å². The van der Waals surface area contributed by atoms with Gasteiger partial charge in [0.2, 0.25) is 0 Å². The summed E-state index contributed by atoms with van der Waals surface area (Å²) in [5.74, 6) is 1.08. The number of H-pyrrole nitrogens is 2. The van der Waals surface area contributed by atoms with Gasteiger partial charge in [0.05, 0.1) is 47.1 Å². The molecule has 0 radical (unpaired) electrons. The smallest absolute Gasteiger partial charge is 0.156 e. The van der Waals surface area contributed by atoms with E-state index >= 15 is 0 Å². The van der Waals surface area contributed by atoms with Gasteiger partial charge in [-0.25, -0.2) is 4.98 Å². The molecular formula is C19H16Cl2N4O3. The second-order valence-electron chi connectivity index (χ2n) is 6.17. The monoisotopic (exact) mass is 418 g/mol. The molecule has 0 bridgehead atoms. The summed E-state index contributed by atoms with van der Waals surface area (Å²) < 4.78 is 5.34. The third kappa shape index (κ3) is 3.22. The van der Waals surface area contributed by atoms with Crippen molar-refractivity contribution in [3.63, 3.8) is 0 Å². The van der Waals surface area contributed by atoms with E-state index < -0.39 is 0 Å². The van der Waals surface area contributed by atoms with Crippen LogP contribution in [0.5, 0.6) is 5.75 Å². The van der Waals surface area contributed by atoms with Crippen LogP contribution in [-0.4, -0.2) is 37.5 Å². The molecule has 2 aromatic heterocycles. The lowest BCUT2D eigenvalue weighted by Gasteiger charge is -2.12. The van der Waals surface area contributed by atoms with E-state index in [1.54, 1.807) is 24.3 Å². The highest BCUT2D eigenvalue weighted by molar-refractivity contribution is 6.42. The Bertz CT molecular complexity index is 1110. The van der Waals surface area contributed by atoms with Crippen LogP contribution in [0.2, 0.25) is 10.0 Å². The van der Waals surface area contributed by atoms with E-state index in [4.69, 9.17) is 27.9 Å². The number of aromatic amines is 2. The first-order valence-electron chi connectivity index (χ1n) is 8.36. The van der Waals surface area contributed by atoms with E-state index in [2.05, 4.69) is 20.2 Å². The predicted octanol–water partition coefficient (Wildman–Crippen LogP) is 3.92. The minimum Gasteiger partial charge on any atom is -0.496 e. The number of ether oxygens (including phenoxy) is 1. The molecule has 2 aromatic carbocycles. The molecular weight excluding hydrogens is 403 g/mol. The van der Waals surface area contributed by atoms with E-state index in [0.29, 0.717) is 49.7 Å². The van der Waals surface area contributed by atoms with Gasteiger partial charge in [0.25, 0.3) is 0 Å². The summed E-state index contributed by atoms with van der Waals surface area (Å²) in [6, 6.07) is 8.78. The minimum absolute atomic E-state index is 0.220.